The zero-order valence-corrected chi connectivity index (χ0v) is 20.5. The van der Waals surface area contributed by atoms with Gasteiger partial charge in [0.2, 0.25) is 0 Å². The minimum atomic E-state index is 1.17. The molecule has 0 aromatic rings. The van der Waals surface area contributed by atoms with Crippen LogP contribution in [0.3, 0.4) is 0 Å². The van der Waals surface area contributed by atoms with Crippen molar-refractivity contribution in [3.05, 3.63) is 82.0 Å². The van der Waals surface area contributed by atoms with E-state index in [1.807, 2.05) is 26.8 Å². The third-order valence-electron chi connectivity index (χ3n) is 4.70. The van der Waals surface area contributed by atoms with Crippen molar-refractivity contribution < 1.29 is 0 Å². The van der Waals surface area contributed by atoms with Gasteiger partial charge in [-0.3, -0.25) is 0 Å². The van der Waals surface area contributed by atoms with Crippen LogP contribution in [0.4, 0.5) is 0 Å². The van der Waals surface area contributed by atoms with Gasteiger partial charge in [0.1, 0.15) is 0 Å². The minimum absolute atomic E-state index is 1.17. The summed E-state index contributed by atoms with van der Waals surface area (Å²) in [5.74, 6) is 0. The Kier molecular flexibility index (Phi) is 17.5. The molecule has 0 aromatic heterocycles. The van der Waals surface area contributed by atoms with Crippen LogP contribution in [0.2, 0.25) is 0 Å². The summed E-state index contributed by atoms with van der Waals surface area (Å²) in [5, 5.41) is 0. The highest BCUT2D eigenvalue weighted by Gasteiger charge is 2.06. The van der Waals surface area contributed by atoms with Crippen molar-refractivity contribution in [2.24, 2.45) is 0 Å². The first-order valence-corrected chi connectivity index (χ1v) is 10.9. The van der Waals surface area contributed by atoms with Crippen molar-refractivity contribution in [3.8, 4) is 0 Å². The van der Waals surface area contributed by atoms with Crippen LogP contribution in [0.25, 0.3) is 0 Å². The van der Waals surface area contributed by atoms with Crippen LogP contribution in [0.1, 0.15) is 94.9 Å². The molecule has 0 heterocycles. The fourth-order valence-corrected chi connectivity index (χ4v) is 2.54. The summed E-state index contributed by atoms with van der Waals surface area (Å²) in [7, 11) is 0. The van der Waals surface area contributed by atoms with Crippen molar-refractivity contribution in [1.29, 1.82) is 0 Å². The standard InChI is InChI=1S/C14H22.C12H18.C2H6/c1-7-8-9-12(4)14(6)10-13(5)11(2)3;1-4-5-6-7-12-9-10(2)8-11(12)3;1-2/h7-10H,1-6H3;8-9H,2,4-7H2,1,3H3;1-2H3/b8-7-,12-9+,14-10+;;. The molecule has 158 valence electrons. The van der Waals surface area contributed by atoms with Crippen LogP contribution in [-0.4, -0.2) is 0 Å². The maximum absolute atomic E-state index is 3.93. The van der Waals surface area contributed by atoms with Gasteiger partial charge in [0.15, 0.2) is 0 Å². The predicted molar refractivity (Wildman–Crippen MR) is 133 cm³/mol. The van der Waals surface area contributed by atoms with Crippen LogP contribution in [0.15, 0.2) is 82.0 Å². The zero-order chi connectivity index (χ0) is 22.1. The summed E-state index contributed by atoms with van der Waals surface area (Å²) in [4.78, 5) is 0. The Labute approximate surface area is 177 Å². The topological polar surface area (TPSA) is 0 Å². The highest BCUT2D eigenvalue weighted by atomic mass is 14.1. The van der Waals surface area contributed by atoms with E-state index < -0.39 is 0 Å². The summed E-state index contributed by atoms with van der Waals surface area (Å²) in [6, 6.07) is 0. The van der Waals surface area contributed by atoms with E-state index in [0.29, 0.717) is 0 Å². The van der Waals surface area contributed by atoms with Crippen molar-refractivity contribution in [2.75, 3.05) is 0 Å². The Morgan fingerprint density at radius 3 is 2.00 bits per heavy atom. The van der Waals surface area contributed by atoms with Crippen molar-refractivity contribution >= 4 is 0 Å². The van der Waals surface area contributed by atoms with Gasteiger partial charge in [0.05, 0.1) is 0 Å². The van der Waals surface area contributed by atoms with Crippen LogP contribution in [0.5, 0.6) is 0 Å². The molecule has 1 rings (SSSR count). The molecular weight excluding hydrogens is 336 g/mol. The molecule has 0 N–H and O–H groups in total. The third kappa shape index (κ3) is 13.4. The molecule has 0 fully saturated rings. The molecular formula is C28H46. The largest absolute Gasteiger partial charge is 0.0917 e. The zero-order valence-electron chi connectivity index (χ0n) is 20.5. The molecule has 0 heteroatoms. The maximum Gasteiger partial charge on any atom is -0.0276 e. The average molecular weight is 383 g/mol. The van der Waals surface area contributed by atoms with Crippen molar-refractivity contribution in [2.45, 2.75) is 94.9 Å². The first-order valence-electron chi connectivity index (χ1n) is 10.9. The van der Waals surface area contributed by atoms with Crippen LogP contribution in [0, 0.1) is 0 Å². The van der Waals surface area contributed by atoms with Crippen LogP contribution >= 0.6 is 0 Å². The molecule has 0 saturated heterocycles. The highest BCUT2D eigenvalue weighted by Crippen LogP contribution is 2.26. The second-order valence-corrected chi connectivity index (χ2v) is 7.41. The van der Waals surface area contributed by atoms with Crippen LogP contribution in [-0.2, 0) is 0 Å². The molecule has 1 aliphatic carbocycles. The van der Waals surface area contributed by atoms with Gasteiger partial charge in [-0.2, -0.15) is 0 Å². The Bertz CT molecular complexity index is 636. The molecule has 28 heavy (non-hydrogen) atoms. The van der Waals surface area contributed by atoms with Gasteiger partial charge in [-0.15, -0.1) is 0 Å². The molecule has 0 atom stereocenters. The summed E-state index contributed by atoms with van der Waals surface area (Å²) in [5.41, 5.74) is 9.47. The van der Waals surface area contributed by atoms with Gasteiger partial charge < -0.3 is 0 Å². The van der Waals surface area contributed by atoms with Crippen molar-refractivity contribution in [1.82, 2.24) is 0 Å². The maximum atomic E-state index is 3.93. The fraction of sp³-hybridized carbons (Fsp3) is 0.500. The number of rotatable bonds is 7. The van der Waals surface area contributed by atoms with Gasteiger partial charge in [0.25, 0.3) is 0 Å². The molecule has 0 aliphatic heterocycles. The van der Waals surface area contributed by atoms with Gasteiger partial charge in [-0.25, -0.2) is 0 Å². The first-order chi connectivity index (χ1) is 13.2. The SMILES string of the molecule is C=C1C=C(C)C(CCCCC)=C1.CC.C\C=C/C=C(C)/C(C)=C/C(C)=C(C)C. The predicted octanol–water partition coefficient (Wildman–Crippen LogP) is 9.85. The number of hydrogen-bond acceptors (Lipinski definition) is 0. The second-order valence-electron chi connectivity index (χ2n) is 7.41. The lowest BCUT2D eigenvalue weighted by atomic mass is 10.0. The van der Waals surface area contributed by atoms with Crippen molar-refractivity contribution in [3.63, 3.8) is 0 Å². The Morgan fingerprint density at radius 1 is 0.964 bits per heavy atom. The van der Waals surface area contributed by atoms with E-state index in [-0.39, 0.29) is 0 Å². The van der Waals surface area contributed by atoms with E-state index in [1.54, 1.807) is 0 Å². The Balaban J connectivity index is 0. The van der Waals surface area contributed by atoms with E-state index in [0.717, 1.165) is 0 Å². The molecule has 0 radical (unpaired) electrons. The van der Waals surface area contributed by atoms with E-state index in [1.165, 1.54) is 64.7 Å². The average Bonchev–Trinajstić information content (AvgIpc) is 2.99. The van der Waals surface area contributed by atoms with E-state index in [9.17, 15) is 0 Å². The molecule has 0 nitrogen and oxygen atoms in total. The quantitative estimate of drug-likeness (QED) is 0.303. The van der Waals surface area contributed by atoms with E-state index in [4.69, 9.17) is 0 Å². The van der Waals surface area contributed by atoms with Gasteiger partial charge >= 0.3 is 0 Å². The fourth-order valence-electron chi connectivity index (χ4n) is 2.54. The number of allylic oxidation sites excluding steroid dienone is 13. The molecule has 0 saturated carbocycles. The molecule has 0 bridgehead atoms. The molecule has 0 aromatic carbocycles. The third-order valence-corrected chi connectivity index (χ3v) is 4.70. The Morgan fingerprint density at radius 2 is 1.57 bits per heavy atom. The Hall–Kier alpha value is -1.82. The molecule has 0 spiro atoms. The summed E-state index contributed by atoms with van der Waals surface area (Å²) >= 11 is 0. The normalized spacial score (nSPS) is 14.0. The van der Waals surface area contributed by atoms with Gasteiger partial charge in [-0.1, -0.05) is 87.8 Å². The molecule has 1 aliphatic rings. The summed E-state index contributed by atoms with van der Waals surface area (Å²) in [6.07, 6.45) is 18.1. The molecule has 0 amide bonds. The second kappa shape index (κ2) is 17.3. The lowest BCUT2D eigenvalue weighted by molar-refractivity contribution is 0.716. The molecule has 0 unspecified atom stereocenters. The summed E-state index contributed by atoms with van der Waals surface area (Å²) in [6.45, 7) is 25.1. The first kappa shape index (κ1) is 28.4. The monoisotopic (exact) mass is 382 g/mol. The van der Waals surface area contributed by atoms with E-state index >= 15 is 0 Å². The van der Waals surface area contributed by atoms with Crippen LogP contribution < -0.4 is 0 Å². The summed E-state index contributed by atoms with van der Waals surface area (Å²) < 4.78 is 0. The minimum Gasteiger partial charge on any atom is -0.0917 e. The van der Waals surface area contributed by atoms with Gasteiger partial charge in [0, 0.05) is 0 Å². The highest BCUT2D eigenvalue weighted by molar-refractivity contribution is 5.49. The van der Waals surface area contributed by atoms with E-state index in [2.05, 4.69) is 85.4 Å². The van der Waals surface area contributed by atoms with Gasteiger partial charge in [-0.05, 0) is 89.2 Å². The lowest BCUT2D eigenvalue weighted by Crippen LogP contribution is -1.82. The number of unbranched alkanes of at least 4 members (excludes halogenated alkanes) is 2. The smallest absolute Gasteiger partial charge is 0.0276 e. The lowest BCUT2D eigenvalue weighted by Gasteiger charge is -2.02. The number of hydrogen-bond donors (Lipinski definition) is 0.